The van der Waals surface area contributed by atoms with Crippen LogP contribution in [0.5, 0.6) is 5.75 Å². The third-order valence-corrected chi connectivity index (χ3v) is 6.38. The smallest absolute Gasteiger partial charge is 0.336 e. The van der Waals surface area contributed by atoms with Gasteiger partial charge in [-0.25, -0.2) is 14.2 Å². The molecular weight excluding hydrogens is 415 g/mol. The topological polar surface area (TPSA) is 117 Å². The Morgan fingerprint density at radius 1 is 1.25 bits per heavy atom. The monoisotopic (exact) mass is 442 g/mol. The third-order valence-electron chi connectivity index (χ3n) is 6.38. The van der Waals surface area contributed by atoms with Crippen LogP contribution < -0.4 is 15.8 Å². The highest BCUT2D eigenvalue weighted by atomic mass is 19.1. The number of carboxylic acids is 1. The summed E-state index contributed by atoms with van der Waals surface area (Å²) in [6, 6.07) is 7.36. The van der Waals surface area contributed by atoms with E-state index in [0.29, 0.717) is 22.7 Å². The molecule has 0 spiro atoms. The highest BCUT2D eigenvalue weighted by Gasteiger charge is 2.53. The second-order valence-electron chi connectivity index (χ2n) is 8.47. The minimum Gasteiger partial charge on any atom is -0.495 e. The number of anilines is 2. The van der Waals surface area contributed by atoms with E-state index in [1.54, 1.807) is 39.8 Å². The van der Waals surface area contributed by atoms with Crippen LogP contribution in [0, 0.1) is 18.2 Å². The SMILES string of the molecule is COc1ccc(C(=O)O)c(C)c1Nc1ccc(F)c(C2(C)N=C(N)N(C)C(=O)C2(C)C)c1. The van der Waals surface area contributed by atoms with Crippen LogP contribution in [-0.2, 0) is 10.3 Å². The minimum absolute atomic E-state index is 0.00117. The van der Waals surface area contributed by atoms with Gasteiger partial charge in [-0.2, -0.15) is 0 Å². The van der Waals surface area contributed by atoms with Crippen LogP contribution in [-0.4, -0.2) is 42.0 Å². The van der Waals surface area contributed by atoms with Crippen LogP contribution in [0.2, 0.25) is 0 Å². The van der Waals surface area contributed by atoms with Crippen LogP contribution in [0.25, 0.3) is 0 Å². The number of nitrogens with zero attached hydrogens (tertiary/aromatic N) is 2. The van der Waals surface area contributed by atoms with Gasteiger partial charge < -0.3 is 20.9 Å². The fourth-order valence-corrected chi connectivity index (χ4v) is 3.94. The van der Waals surface area contributed by atoms with Gasteiger partial charge in [0.2, 0.25) is 5.91 Å². The van der Waals surface area contributed by atoms with Crippen molar-refractivity contribution < 1.29 is 23.8 Å². The van der Waals surface area contributed by atoms with E-state index < -0.39 is 22.7 Å². The summed E-state index contributed by atoms with van der Waals surface area (Å²) < 4.78 is 20.4. The summed E-state index contributed by atoms with van der Waals surface area (Å²) >= 11 is 0. The molecule has 32 heavy (non-hydrogen) atoms. The lowest BCUT2D eigenvalue weighted by molar-refractivity contribution is -0.140. The Bertz CT molecular complexity index is 1150. The van der Waals surface area contributed by atoms with E-state index in [1.807, 2.05) is 0 Å². The first kappa shape index (κ1) is 23.1. The molecule has 1 unspecified atom stereocenters. The number of halogens is 1. The number of aromatic carboxylic acids is 1. The predicted molar refractivity (Wildman–Crippen MR) is 120 cm³/mol. The van der Waals surface area contributed by atoms with Gasteiger partial charge in [-0.15, -0.1) is 0 Å². The molecule has 1 atom stereocenters. The van der Waals surface area contributed by atoms with Crippen molar-refractivity contribution in [2.24, 2.45) is 16.1 Å². The second-order valence-corrected chi connectivity index (χ2v) is 8.47. The van der Waals surface area contributed by atoms with Crippen LogP contribution in [0.15, 0.2) is 35.3 Å². The lowest BCUT2D eigenvalue weighted by atomic mass is 9.67. The molecule has 8 nitrogen and oxygen atoms in total. The van der Waals surface area contributed by atoms with E-state index >= 15 is 4.39 Å². The predicted octanol–water partition coefficient (Wildman–Crippen LogP) is 3.61. The van der Waals surface area contributed by atoms with Gasteiger partial charge in [0.25, 0.3) is 0 Å². The first-order chi connectivity index (χ1) is 14.8. The Morgan fingerprint density at radius 3 is 2.50 bits per heavy atom. The highest BCUT2D eigenvalue weighted by molar-refractivity contribution is 6.01. The number of hydrogen-bond donors (Lipinski definition) is 3. The number of aliphatic imine (C=N–C) groups is 1. The number of carbonyl (C=O) groups is 2. The zero-order valence-electron chi connectivity index (χ0n) is 18.9. The third kappa shape index (κ3) is 3.43. The number of carbonyl (C=O) groups excluding carboxylic acids is 1. The maximum Gasteiger partial charge on any atom is 0.336 e. The Morgan fingerprint density at radius 2 is 1.91 bits per heavy atom. The number of methoxy groups -OCH3 is 1. The number of hydrogen-bond acceptors (Lipinski definition) is 6. The Kier molecular flexibility index (Phi) is 5.63. The van der Waals surface area contributed by atoms with Crippen LogP contribution in [0.4, 0.5) is 15.8 Å². The molecule has 0 aliphatic carbocycles. The Labute approximate surface area is 185 Å². The quantitative estimate of drug-likeness (QED) is 0.651. The number of carboxylic acid groups (broad SMARTS) is 1. The van der Waals surface area contributed by atoms with Crippen LogP contribution in [0.3, 0.4) is 0 Å². The van der Waals surface area contributed by atoms with Crippen molar-refractivity contribution in [2.45, 2.75) is 33.2 Å². The molecule has 4 N–H and O–H groups in total. The number of ether oxygens (including phenoxy) is 1. The fraction of sp³-hybridized carbons (Fsp3) is 0.348. The van der Waals surface area contributed by atoms with Gasteiger partial charge in [-0.05, 0) is 63.6 Å². The summed E-state index contributed by atoms with van der Waals surface area (Å²) in [6.07, 6.45) is 0. The zero-order chi connectivity index (χ0) is 24.0. The van der Waals surface area contributed by atoms with Crippen LogP contribution >= 0.6 is 0 Å². The van der Waals surface area contributed by atoms with Gasteiger partial charge in [-0.1, -0.05) is 0 Å². The van der Waals surface area contributed by atoms with Gasteiger partial charge in [0.1, 0.15) is 17.1 Å². The summed E-state index contributed by atoms with van der Waals surface area (Å²) in [5.41, 5.74) is 5.28. The average Bonchev–Trinajstić information content (AvgIpc) is 2.73. The molecule has 0 bridgehead atoms. The number of amides is 1. The van der Waals surface area contributed by atoms with Crippen molar-refractivity contribution in [2.75, 3.05) is 19.5 Å². The van der Waals surface area contributed by atoms with Crippen LogP contribution in [0.1, 0.15) is 42.3 Å². The molecule has 3 rings (SSSR count). The van der Waals surface area contributed by atoms with E-state index in [0.717, 1.165) is 0 Å². The average molecular weight is 442 g/mol. The molecule has 1 aliphatic rings. The van der Waals surface area contributed by atoms with E-state index in [-0.39, 0.29) is 23.0 Å². The number of guanidine groups is 1. The summed E-state index contributed by atoms with van der Waals surface area (Å²) in [4.78, 5) is 30.2. The molecular formula is C23H27FN4O4. The normalized spacial score (nSPS) is 20.0. The molecule has 0 saturated carbocycles. The second kappa shape index (κ2) is 7.81. The summed E-state index contributed by atoms with van der Waals surface area (Å²) in [7, 11) is 3.00. The first-order valence-electron chi connectivity index (χ1n) is 9.96. The lowest BCUT2D eigenvalue weighted by Gasteiger charge is -2.46. The Balaban J connectivity index is 2.15. The summed E-state index contributed by atoms with van der Waals surface area (Å²) in [5.74, 6) is -1.46. The van der Waals surface area contributed by atoms with E-state index in [1.165, 1.54) is 37.3 Å². The van der Waals surface area contributed by atoms with Crippen molar-refractivity contribution >= 4 is 29.2 Å². The van der Waals surface area contributed by atoms with Gasteiger partial charge in [0.15, 0.2) is 5.96 Å². The van der Waals surface area contributed by atoms with Crippen molar-refractivity contribution in [1.82, 2.24) is 4.90 Å². The molecule has 0 aromatic heterocycles. The largest absolute Gasteiger partial charge is 0.495 e. The number of nitrogens with one attached hydrogen (secondary N) is 1. The first-order valence-corrected chi connectivity index (χ1v) is 9.96. The van der Waals surface area contributed by atoms with Crippen molar-refractivity contribution in [3.05, 3.63) is 52.8 Å². The van der Waals surface area contributed by atoms with E-state index in [4.69, 9.17) is 10.5 Å². The highest BCUT2D eigenvalue weighted by Crippen LogP contribution is 2.48. The summed E-state index contributed by atoms with van der Waals surface area (Å²) in [6.45, 7) is 6.73. The van der Waals surface area contributed by atoms with Crippen molar-refractivity contribution in [3.63, 3.8) is 0 Å². The molecule has 170 valence electrons. The van der Waals surface area contributed by atoms with Crippen molar-refractivity contribution in [1.29, 1.82) is 0 Å². The van der Waals surface area contributed by atoms with Gasteiger partial charge >= 0.3 is 5.97 Å². The number of nitrogens with two attached hydrogens (primary N) is 1. The maximum absolute atomic E-state index is 15.1. The zero-order valence-corrected chi connectivity index (χ0v) is 18.9. The molecule has 1 aliphatic heterocycles. The summed E-state index contributed by atoms with van der Waals surface area (Å²) in [5, 5.41) is 12.6. The molecule has 1 heterocycles. The lowest BCUT2D eigenvalue weighted by Crippen LogP contribution is -2.58. The molecule has 1 amide bonds. The molecule has 9 heteroatoms. The molecule has 0 radical (unpaired) electrons. The fourth-order valence-electron chi connectivity index (χ4n) is 3.94. The minimum atomic E-state index is -1.27. The maximum atomic E-state index is 15.1. The number of benzene rings is 2. The standard InChI is InChI=1S/C23H27FN4O4/c1-12-14(19(29)30)8-10-17(32-6)18(12)26-13-7-9-16(24)15(11-13)23(4)22(2,3)20(31)28(5)21(25)27-23/h7-11,26H,1-6H3,(H2,25,27)(H,29,30). The number of rotatable bonds is 5. The van der Waals surface area contributed by atoms with Crippen molar-refractivity contribution in [3.8, 4) is 5.75 Å². The molecule has 0 saturated heterocycles. The van der Waals surface area contributed by atoms with E-state index in [2.05, 4.69) is 10.3 Å². The van der Waals surface area contributed by atoms with Gasteiger partial charge in [-0.3, -0.25) is 9.69 Å². The molecule has 0 fully saturated rings. The van der Waals surface area contributed by atoms with Gasteiger partial charge in [0, 0.05) is 18.3 Å². The van der Waals surface area contributed by atoms with Gasteiger partial charge in [0.05, 0.1) is 23.8 Å². The van der Waals surface area contributed by atoms with E-state index in [9.17, 15) is 14.7 Å². The Hall–Kier alpha value is -3.62. The molecule has 2 aromatic rings. The molecule has 2 aromatic carbocycles.